The quantitative estimate of drug-likeness (QED) is 0.877. The highest BCUT2D eigenvalue weighted by molar-refractivity contribution is 6.34. The van der Waals surface area contributed by atoms with E-state index >= 15 is 0 Å². The molecule has 1 amide bonds. The minimum Gasteiger partial charge on any atom is -0.351 e. The maximum Gasteiger partial charge on any atom is 0.252 e. The van der Waals surface area contributed by atoms with Gasteiger partial charge in [0.15, 0.2) is 0 Å². The molecule has 1 unspecified atom stereocenters. The summed E-state index contributed by atoms with van der Waals surface area (Å²) in [6.45, 7) is 3.93. The number of hydrogen-bond donors (Lipinski definition) is 1. The summed E-state index contributed by atoms with van der Waals surface area (Å²) < 4.78 is 0. The van der Waals surface area contributed by atoms with Crippen molar-refractivity contribution < 1.29 is 4.79 Å². The maximum atomic E-state index is 11.7. The molecule has 1 rings (SSSR count). The Morgan fingerprint density at radius 2 is 2.31 bits per heavy atom. The number of nitrogens with zero attached hydrogens (tertiary/aromatic N) is 1. The summed E-state index contributed by atoms with van der Waals surface area (Å²) in [4.78, 5) is 11.7. The number of carbonyl (C=O) groups is 1. The molecule has 0 bridgehead atoms. The Hall–Kier alpha value is -1.53. The van der Waals surface area contributed by atoms with E-state index in [1.54, 1.807) is 19.1 Å². The van der Waals surface area contributed by atoms with Crippen molar-refractivity contribution in [3.05, 3.63) is 34.3 Å². The Morgan fingerprint density at radius 3 is 2.94 bits per heavy atom. The fourth-order valence-electron chi connectivity index (χ4n) is 1.21. The number of aryl methyl sites for hydroxylation is 1. The van der Waals surface area contributed by atoms with Gasteiger partial charge in [0, 0.05) is 6.54 Å². The molecule has 0 radical (unpaired) electrons. The summed E-state index contributed by atoms with van der Waals surface area (Å²) in [7, 11) is 0. The lowest BCUT2D eigenvalue weighted by atomic mass is 10.1. The fraction of sp³-hybridized carbons (Fsp3) is 0.333. The fourth-order valence-corrected chi connectivity index (χ4v) is 1.42. The van der Waals surface area contributed by atoms with E-state index in [-0.39, 0.29) is 11.8 Å². The molecule has 0 heterocycles. The van der Waals surface area contributed by atoms with Gasteiger partial charge in [0.05, 0.1) is 22.6 Å². The van der Waals surface area contributed by atoms with Crippen LogP contribution in [0.25, 0.3) is 0 Å². The third kappa shape index (κ3) is 2.98. The number of nitrogens with one attached hydrogen (secondary N) is 1. The molecule has 3 nitrogen and oxygen atoms in total. The van der Waals surface area contributed by atoms with E-state index in [9.17, 15) is 4.79 Å². The summed E-state index contributed by atoms with van der Waals surface area (Å²) in [6.07, 6.45) is 0. The summed E-state index contributed by atoms with van der Waals surface area (Å²) in [5, 5.41) is 11.7. The zero-order valence-corrected chi connectivity index (χ0v) is 10.0. The average molecular weight is 237 g/mol. The summed E-state index contributed by atoms with van der Waals surface area (Å²) in [5.41, 5.74) is 1.31. The van der Waals surface area contributed by atoms with Crippen LogP contribution >= 0.6 is 11.6 Å². The van der Waals surface area contributed by atoms with Crippen molar-refractivity contribution >= 4 is 17.5 Å². The second kappa shape index (κ2) is 5.53. The molecule has 0 saturated heterocycles. The first-order valence-electron chi connectivity index (χ1n) is 4.99. The van der Waals surface area contributed by atoms with Gasteiger partial charge in [0.1, 0.15) is 0 Å². The van der Waals surface area contributed by atoms with E-state index in [0.717, 1.165) is 5.56 Å². The molecule has 0 fully saturated rings. The Balaban J connectivity index is 2.75. The van der Waals surface area contributed by atoms with Crippen LogP contribution in [0.2, 0.25) is 5.02 Å². The second-order valence-corrected chi connectivity index (χ2v) is 4.05. The highest BCUT2D eigenvalue weighted by atomic mass is 35.5. The molecular formula is C12H13ClN2O. The van der Waals surface area contributed by atoms with Crippen LogP contribution in [0.3, 0.4) is 0 Å². The highest BCUT2D eigenvalue weighted by Crippen LogP contribution is 2.19. The standard InChI is InChI=1S/C12H13ClN2O/c1-8(6-14)7-15-12(16)10-5-3-4-9(2)11(10)13/h3-5,8H,7H2,1-2H3,(H,15,16). The smallest absolute Gasteiger partial charge is 0.252 e. The summed E-state index contributed by atoms with van der Waals surface area (Å²) in [6, 6.07) is 7.34. The zero-order valence-electron chi connectivity index (χ0n) is 9.25. The van der Waals surface area contributed by atoms with Crippen molar-refractivity contribution in [3.8, 4) is 6.07 Å². The number of amides is 1. The van der Waals surface area contributed by atoms with Crippen molar-refractivity contribution in [1.82, 2.24) is 5.32 Å². The Bertz CT molecular complexity index is 437. The number of rotatable bonds is 3. The van der Waals surface area contributed by atoms with Crippen molar-refractivity contribution in [2.45, 2.75) is 13.8 Å². The van der Waals surface area contributed by atoms with Gasteiger partial charge in [-0.15, -0.1) is 0 Å². The molecule has 1 aromatic carbocycles. The zero-order chi connectivity index (χ0) is 12.1. The number of carbonyl (C=O) groups excluding carboxylic acids is 1. The third-order valence-corrected chi connectivity index (χ3v) is 2.73. The van der Waals surface area contributed by atoms with Crippen LogP contribution in [0.5, 0.6) is 0 Å². The number of nitriles is 1. The Kier molecular flexibility index (Phi) is 4.33. The molecule has 1 N–H and O–H groups in total. The van der Waals surface area contributed by atoms with E-state index in [2.05, 4.69) is 11.4 Å². The Morgan fingerprint density at radius 1 is 1.62 bits per heavy atom. The molecule has 0 aromatic heterocycles. The van der Waals surface area contributed by atoms with Gasteiger partial charge in [-0.1, -0.05) is 23.7 Å². The molecule has 16 heavy (non-hydrogen) atoms. The minimum absolute atomic E-state index is 0.201. The van der Waals surface area contributed by atoms with E-state index < -0.39 is 0 Å². The molecule has 1 aromatic rings. The molecule has 84 valence electrons. The van der Waals surface area contributed by atoms with Crippen molar-refractivity contribution in [2.75, 3.05) is 6.54 Å². The lowest BCUT2D eigenvalue weighted by Crippen LogP contribution is -2.28. The molecule has 4 heteroatoms. The first kappa shape index (κ1) is 12.5. The van der Waals surface area contributed by atoms with Crippen LogP contribution in [0, 0.1) is 24.2 Å². The lowest BCUT2D eigenvalue weighted by Gasteiger charge is -2.08. The summed E-state index contributed by atoms with van der Waals surface area (Å²) >= 11 is 6.01. The number of hydrogen-bond acceptors (Lipinski definition) is 2. The van der Waals surface area contributed by atoms with Gasteiger partial charge < -0.3 is 5.32 Å². The van der Waals surface area contributed by atoms with Gasteiger partial charge in [-0.25, -0.2) is 0 Å². The molecular weight excluding hydrogens is 224 g/mol. The molecule has 0 aliphatic heterocycles. The predicted octanol–water partition coefficient (Wildman–Crippen LogP) is 2.54. The normalized spacial score (nSPS) is 11.6. The van der Waals surface area contributed by atoms with Gasteiger partial charge >= 0.3 is 0 Å². The maximum absolute atomic E-state index is 11.7. The third-order valence-electron chi connectivity index (χ3n) is 2.23. The van der Waals surface area contributed by atoms with Crippen LogP contribution < -0.4 is 5.32 Å². The van der Waals surface area contributed by atoms with Crippen LogP contribution in [0.1, 0.15) is 22.8 Å². The molecule has 0 saturated carbocycles. The average Bonchev–Trinajstić information content (AvgIpc) is 2.29. The predicted molar refractivity (Wildman–Crippen MR) is 63.3 cm³/mol. The van der Waals surface area contributed by atoms with Crippen LogP contribution in [-0.4, -0.2) is 12.5 Å². The van der Waals surface area contributed by atoms with Crippen LogP contribution in [-0.2, 0) is 0 Å². The lowest BCUT2D eigenvalue weighted by molar-refractivity contribution is 0.0951. The van der Waals surface area contributed by atoms with Gasteiger partial charge in [-0.05, 0) is 25.5 Å². The van der Waals surface area contributed by atoms with Gasteiger partial charge in [-0.3, -0.25) is 4.79 Å². The largest absolute Gasteiger partial charge is 0.351 e. The van der Waals surface area contributed by atoms with E-state index in [4.69, 9.17) is 16.9 Å². The van der Waals surface area contributed by atoms with Crippen molar-refractivity contribution in [1.29, 1.82) is 5.26 Å². The summed E-state index contributed by atoms with van der Waals surface area (Å²) in [5.74, 6) is -0.441. The second-order valence-electron chi connectivity index (χ2n) is 3.68. The number of halogens is 1. The van der Waals surface area contributed by atoms with E-state index in [1.807, 2.05) is 13.0 Å². The van der Waals surface area contributed by atoms with Crippen LogP contribution in [0.4, 0.5) is 0 Å². The highest BCUT2D eigenvalue weighted by Gasteiger charge is 2.11. The monoisotopic (exact) mass is 236 g/mol. The van der Waals surface area contributed by atoms with Gasteiger partial charge in [0.25, 0.3) is 5.91 Å². The van der Waals surface area contributed by atoms with E-state index in [0.29, 0.717) is 17.1 Å². The SMILES string of the molecule is Cc1cccc(C(=O)NCC(C)C#N)c1Cl. The van der Waals surface area contributed by atoms with Crippen molar-refractivity contribution in [3.63, 3.8) is 0 Å². The van der Waals surface area contributed by atoms with Gasteiger partial charge in [-0.2, -0.15) is 5.26 Å². The first-order chi connectivity index (χ1) is 7.56. The van der Waals surface area contributed by atoms with Gasteiger partial charge in [0.2, 0.25) is 0 Å². The minimum atomic E-state index is -0.240. The Labute approximate surface area is 100 Å². The first-order valence-corrected chi connectivity index (χ1v) is 5.37. The molecule has 0 aliphatic carbocycles. The molecule has 0 spiro atoms. The molecule has 1 atom stereocenters. The van der Waals surface area contributed by atoms with Crippen molar-refractivity contribution in [2.24, 2.45) is 5.92 Å². The topological polar surface area (TPSA) is 52.9 Å². The number of benzene rings is 1. The van der Waals surface area contributed by atoms with Crippen LogP contribution in [0.15, 0.2) is 18.2 Å². The van der Waals surface area contributed by atoms with E-state index in [1.165, 1.54) is 0 Å². The molecule has 0 aliphatic rings.